The first-order valence-electron chi connectivity index (χ1n) is 5.86. The van der Waals surface area contributed by atoms with Crippen molar-refractivity contribution in [2.45, 2.75) is 0 Å². The monoisotopic (exact) mass is 291 g/mol. The number of hydrogen-bond donors (Lipinski definition) is 1. The van der Waals surface area contributed by atoms with Crippen LogP contribution in [0.1, 0.15) is 10.4 Å². The number of carbonyl (C=O) groups is 1. The van der Waals surface area contributed by atoms with Gasteiger partial charge in [0.05, 0.1) is 30.2 Å². The molecule has 0 unspecified atom stereocenters. The average molecular weight is 292 g/mol. The van der Waals surface area contributed by atoms with Crippen molar-refractivity contribution in [3.8, 4) is 5.75 Å². The molecule has 0 spiro atoms. The predicted octanol–water partition coefficient (Wildman–Crippen LogP) is 2.60. The van der Waals surface area contributed by atoms with Crippen molar-refractivity contribution in [3.63, 3.8) is 0 Å². The largest absolute Gasteiger partial charge is 0.495 e. The van der Waals surface area contributed by atoms with E-state index in [1.165, 1.54) is 17.2 Å². The SMILES string of the molecule is COc1ccccc1N(C)C(=O)c1cc(N)cnc1Cl. The molecule has 0 aliphatic heterocycles. The van der Waals surface area contributed by atoms with Gasteiger partial charge in [0.1, 0.15) is 10.9 Å². The number of aromatic nitrogens is 1. The van der Waals surface area contributed by atoms with Crippen LogP contribution in [0.3, 0.4) is 0 Å². The highest BCUT2D eigenvalue weighted by Gasteiger charge is 2.20. The number of hydrogen-bond acceptors (Lipinski definition) is 4. The van der Waals surface area contributed by atoms with E-state index in [0.717, 1.165) is 0 Å². The van der Waals surface area contributed by atoms with Crippen molar-refractivity contribution < 1.29 is 9.53 Å². The Morgan fingerprint density at radius 3 is 2.80 bits per heavy atom. The number of benzene rings is 1. The summed E-state index contributed by atoms with van der Waals surface area (Å²) in [5.41, 5.74) is 6.91. The maximum absolute atomic E-state index is 12.5. The summed E-state index contributed by atoms with van der Waals surface area (Å²) >= 11 is 5.95. The third-order valence-electron chi connectivity index (χ3n) is 2.84. The lowest BCUT2D eigenvalue weighted by Gasteiger charge is -2.20. The number of halogens is 1. The number of nitrogens with two attached hydrogens (primary N) is 1. The molecule has 104 valence electrons. The summed E-state index contributed by atoms with van der Waals surface area (Å²) in [6, 6.07) is 8.71. The van der Waals surface area contributed by atoms with Gasteiger partial charge >= 0.3 is 0 Å². The van der Waals surface area contributed by atoms with E-state index in [4.69, 9.17) is 22.1 Å². The molecule has 5 nitrogen and oxygen atoms in total. The highest BCUT2D eigenvalue weighted by atomic mass is 35.5. The van der Waals surface area contributed by atoms with Crippen LogP contribution in [0.5, 0.6) is 5.75 Å². The first-order valence-corrected chi connectivity index (χ1v) is 6.24. The van der Waals surface area contributed by atoms with E-state index in [-0.39, 0.29) is 16.6 Å². The molecular formula is C14H14ClN3O2. The van der Waals surface area contributed by atoms with Crippen molar-refractivity contribution in [1.82, 2.24) is 4.98 Å². The van der Waals surface area contributed by atoms with Crippen molar-refractivity contribution in [2.75, 3.05) is 24.8 Å². The zero-order valence-electron chi connectivity index (χ0n) is 11.1. The minimum absolute atomic E-state index is 0.117. The van der Waals surface area contributed by atoms with E-state index in [1.807, 2.05) is 12.1 Å². The number of para-hydroxylation sites is 2. The number of nitrogen functional groups attached to an aromatic ring is 1. The van der Waals surface area contributed by atoms with Gasteiger partial charge in [-0.3, -0.25) is 4.79 Å². The Labute approximate surface area is 121 Å². The zero-order valence-corrected chi connectivity index (χ0v) is 11.9. The van der Waals surface area contributed by atoms with Crippen LogP contribution in [0.15, 0.2) is 36.5 Å². The lowest BCUT2D eigenvalue weighted by Crippen LogP contribution is -2.27. The summed E-state index contributed by atoms with van der Waals surface area (Å²) in [4.78, 5) is 17.8. The standard InChI is InChI=1S/C14H14ClN3O2/c1-18(11-5-3-4-6-12(11)20-2)14(19)10-7-9(16)8-17-13(10)15/h3-8H,16H2,1-2H3. The fourth-order valence-electron chi connectivity index (χ4n) is 1.81. The molecule has 0 atom stereocenters. The lowest BCUT2D eigenvalue weighted by molar-refractivity contribution is 0.0992. The van der Waals surface area contributed by atoms with Crippen LogP contribution in [0, 0.1) is 0 Å². The van der Waals surface area contributed by atoms with Crippen LogP contribution in [0.2, 0.25) is 5.15 Å². The molecule has 0 fully saturated rings. The van der Waals surface area contributed by atoms with Crippen molar-refractivity contribution >= 4 is 28.9 Å². The predicted molar refractivity (Wildman–Crippen MR) is 79.4 cm³/mol. The second kappa shape index (κ2) is 5.79. The Hall–Kier alpha value is -2.27. The van der Waals surface area contributed by atoms with Crippen LogP contribution in [-0.2, 0) is 0 Å². The maximum atomic E-state index is 12.5. The van der Waals surface area contributed by atoms with Gasteiger partial charge in [0.2, 0.25) is 0 Å². The Bertz CT molecular complexity index is 646. The Balaban J connectivity index is 2.40. The van der Waals surface area contributed by atoms with Gasteiger partial charge < -0.3 is 15.4 Å². The average Bonchev–Trinajstić information content (AvgIpc) is 2.48. The number of pyridine rings is 1. The highest BCUT2D eigenvalue weighted by Crippen LogP contribution is 2.28. The number of rotatable bonds is 3. The molecule has 0 saturated carbocycles. The number of ether oxygens (including phenoxy) is 1. The molecule has 0 saturated heterocycles. The van der Waals surface area contributed by atoms with E-state index in [0.29, 0.717) is 17.1 Å². The molecule has 0 radical (unpaired) electrons. The Morgan fingerprint density at radius 1 is 1.40 bits per heavy atom. The number of methoxy groups -OCH3 is 1. The molecule has 2 rings (SSSR count). The first kappa shape index (κ1) is 14.1. The van der Waals surface area contributed by atoms with Crippen molar-refractivity contribution in [2.24, 2.45) is 0 Å². The smallest absolute Gasteiger partial charge is 0.261 e. The third-order valence-corrected chi connectivity index (χ3v) is 3.14. The van der Waals surface area contributed by atoms with Gasteiger partial charge in [-0.25, -0.2) is 4.98 Å². The third kappa shape index (κ3) is 2.67. The summed E-state index contributed by atoms with van der Waals surface area (Å²) in [7, 11) is 3.19. The summed E-state index contributed by atoms with van der Waals surface area (Å²) in [5.74, 6) is 0.288. The van der Waals surface area contributed by atoms with Crippen LogP contribution in [0.4, 0.5) is 11.4 Å². The molecule has 1 aromatic heterocycles. The highest BCUT2D eigenvalue weighted by molar-refractivity contribution is 6.33. The quantitative estimate of drug-likeness (QED) is 0.883. The fourth-order valence-corrected chi connectivity index (χ4v) is 2.00. The first-order chi connectivity index (χ1) is 9.54. The molecule has 1 amide bonds. The van der Waals surface area contributed by atoms with E-state index in [1.54, 1.807) is 26.3 Å². The van der Waals surface area contributed by atoms with E-state index in [2.05, 4.69) is 4.98 Å². The second-order valence-electron chi connectivity index (χ2n) is 4.14. The van der Waals surface area contributed by atoms with Crippen LogP contribution in [0.25, 0.3) is 0 Å². The van der Waals surface area contributed by atoms with E-state index < -0.39 is 0 Å². The number of anilines is 2. The minimum atomic E-state index is -0.306. The second-order valence-corrected chi connectivity index (χ2v) is 4.50. The lowest BCUT2D eigenvalue weighted by atomic mass is 10.2. The maximum Gasteiger partial charge on any atom is 0.261 e. The van der Waals surface area contributed by atoms with Crippen LogP contribution < -0.4 is 15.4 Å². The molecule has 0 bridgehead atoms. The molecular weight excluding hydrogens is 278 g/mol. The minimum Gasteiger partial charge on any atom is -0.495 e. The van der Waals surface area contributed by atoms with Gasteiger partial charge in [-0.2, -0.15) is 0 Å². The Morgan fingerprint density at radius 2 is 2.10 bits per heavy atom. The van der Waals surface area contributed by atoms with Crippen LogP contribution >= 0.6 is 11.6 Å². The number of amides is 1. The van der Waals surface area contributed by atoms with Gasteiger partial charge in [-0.15, -0.1) is 0 Å². The molecule has 6 heteroatoms. The number of nitrogens with zero attached hydrogens (tertiary/aromatic N) is 2. The number of carbonyl (C=O) groups excluding carboxylic acids is 1. The Kier molecular flexibility index (Phi) is 4.10. The zero-order chi connectivity index (χ0) is 14.7. The fraction of sp³-hybridized carbons (Fsp3) is 0.143. The topological polar surface area (TPSA) is 68.5 Å². The molecule has 1 aromatic carbocycles. The van der Waals surface area contributed by atoms with Gasteiger partial charge in [0, 0.05) is 7.05 Å². The normalized spacial score (nSPS) is 10.2. The summed E-state index contributed by atoms with van der Waals surface area (Å²) < 4.78 is 5.24. The van der Waals surface area contributed by atoms with Crippen LogP contribution in [-0.4, -0.2) is 25.0 Å². The molecule has 0 aliphatic rings. The van der Waals surface area contributed by atoms with Gasteiger partial charge in [0.25, 0.3) is 5.91 Å². The van der Waals surface area contributed by atoms with Gasteiger partial charge in [0.15, 0.2) is 0 Å². The summed E-state index contributed by atoms with van der Waals surface area (Å²) in [6.07, 6.45) is 1.40. The van der Waals surface area contributed by atoms with E-state index >= 15 is 0 Å². The molecule has 1 heterocycles. The summed E-state index contributed by atoms with van der Waals surface area (Å²) in [6.45, 7) is 0. The molecule has 0 aliphatic carbocycles. The van der Waals surface area contributed by atoms with E-state index in [9.17, 15) is 4.79 Å². The molecule has 20 heavy (non-hydrogen) atoms. The summed E-state index contributed by atoms with van der Waals surface area (Å²) in [5, 5.41) is 0.117. The van der Waals surface area contributed by atoms with Gasteiger partial charge in [-0.1, -0.05) is 23.7 Å². The molecule has 2 N–H and O–H groups in total. The molecule has 2 aromatic rings. The van der Waals surface area contributed by atoms with Crippen molar-refractivity contribution in [1.29, 1.82) is 0 Å². The van der Waals surface area contributed by atoms with Gasteiger partial charge in [-0.05, 0) is 18.2 Å². The van der Waals surface area contributed by atoms with Crippen molar-refractivity contribution in [3.05, 3.63) is 47.2 Å².